The smallest absolute Gasteiger partial charge is 0.226 e. The van der Waals surface area contributed by atoms with Gasteiger partial charge in [0.1, 0.15) is 0 Å². The lowest BCUT2D eigenvalue weighted by Crippen LogP contribution is -2.42. The van der Waals surface area contributed by atoms with Crippen molar-refractivity contribution in [2.75, 3.05) is 19.6 Å². The Morgan fingerprint density at radius 1 is 1.45 bits per heavy atom. The molecule has 1 unspecified atom stereocenters. The normalized spacial score (nSPS) is 12.5. The zero-order valence-corrected chi connectivity index (χ0v) is 14.2. The van der Waals surface area contributed by atoms with E-state index in [9.17, 15) is 4.79 Å². The first-order chi connectivity index (χ1) is 10.6. The summed E-state index contributed by atoms with van der Waals surface area (Å²) in [5, 5.41) is 5.70. The van der Waals surface area contributed by atoms with Crippen LogP contribution in [0.15, 0.2) is 28.2 Å². The van der Waals surface area contributed by atoms with Crippen molar-refractivity contribution in [1.29, 1.82) is 0 Å². The van der Waals surface area contributed by atoms with Gasteiger partial charge in [0.25, 0.3) is 0 Å². The molecule has 22 heavy (non-hydrogen) atoms. The highest BCUT2D eigenvalue weighted by molar-refractivity contribution is 7.13. The summed E-state index contributed by atoms with van der Waals surface area (Å²) in [6.07, 6.45) is 1.93. The zero-order chi connectivity index (χ0) is 15.9. The molecule has 2 aromatic heterocycles. The Kier molecular flexibility index (Phi) is 6.15. The minimum Gasteiger partial charge on any atom is -0.462 e. The standard InChI is InChI=1S/C16H23N3O2S/c1-4-19(5-2)12(3)10-17-15(20)9-13-11-22-16(18-13)14-7-6-8-21-14/h6-8,11-12H,4-5,9-10H2,1-3H3,(H,17,20). The van der Waals surface area contributed by atoms with Crippen molar-refractivity contribution in [1.82, 2.24) is 15.2 Å². The number of nitrogens with one attached hydrogen (secondary N) is 1. The van der Waals surface area contributed by atoms with Crippen LogP contribution in [0, 0.1) is 0 Å². The van der Waals surface area contributed by atoms with Crippen LogP contribution in [0.25, 0.3) is 10.8 Å². The average Bonchev–Trinajstić information content (AvgIpc) is 3.17. The Labute approximate surface area is 135 Å². The molecule has 0 radical (unpaired) electrons. The third kappa shape index (κ3) is 4.42. The molecule has 0 bridgehead atoms. The molecule has 1 amide bonds. The molecule has 2 heterocycles. The van der Waals surface area contributed by atoms with Gasteiger partial charge in [-0.05, 0) is 32.1 Å². The van der Waals surface area contributed by atoms with Gasteiger partial charge >= 0.3 is 0 Å². The van der Waals surface area contributed by atoms with Crippen LogP contribution in [0.5, 0.6) is 0 Å². The van der Waals surface area contributed by atoms with E-state index in [-0.39, 0.29) is 5.91 Å². The fourth-order valence-corrected chi connectivity index (χ4v) is 3.15. The monoisotopic (exact) mass is 321 g/mol. The number of rotatable bonds is 8. The van der Waals surface area contributed by atoms with Gasteiger partial charge in [-0.3, -0.25) is 9.69 Å². The number of hydrogen-bond donors (Lipinski definition) is 1. The number of likely N-dealkylation sites (N-methyl/N-ethyl adjacent to an activating group) is 1. The predicted molar refractivity (Wildman–Crippen MR) is 88.9 cm³/mol. The van der Waals surface area contributed by atoms with Crippen LogP contribution in [0.3, 0.4) is 0 Å². The maximum Gasteiger partial charge on any atom is 0.226 e. The first-order valence-electron chi connectivity index (χ1n) is 7.63. The van der Waals surface area contributed by atoms with Crippen LogP contribution in [-0.2, 0) is 11.2 Å². The van der Waals surface area contributed by atoms with Gasteiger partial charge in [0.05, 0.1) is 18.4 Å². The van der Waals surface area contributed by atoms with Crippen molar-refractivity contribution in [3.05, 3.63) is 29.5 Å². The number of hydrogen-bond acceptors (Lipinski definition) is 5. The molecule has 0 aromatic carbocycles. The van der Waals surface area contributed by atoms with E-state index < -0.39 is 0 Å². The van der Waals surface area contributed by atoms with E-state index in [1.807, 2.05) is 17.5 Å². The van der Waals surface area contributed by atoms with E-state index in [1.165, 1.54) is 11.3 Å². The molecule has 1 atom stereocenters. The third-order valence-electron chi connectivity index (χ3n) is 3.66. The van der Waals surface area contributed by atoms with Gasteiger partial charge in [-0.1, -0.05) is 13.8 Å². The molecule has 0 spiro atoms. The van der Waals surface area contributed by atoms with E-state index in [1.54, 1.807) is 6.26 Å². The van der Waals surface area contributed by atoms with Crippen molar-refractivity contribution in [3.8, 4) is 10.8 Å². The molecule has 1 N–H and O–H groups in total. The maximum absolute atomic E-state index is 12.0. The van der Waals surface area contributed by atoms with E-state index in [0.717, 1.165) is 29.6 Å². The molecular formula is C16H23N3O2S. The SMILES string of the molecule is CCN(CC)C(C)CNC(=O)Cc1csc(-c2ccco2)n1. The number of aromatic nitrogens is 1. The molecular weight excluding hydrogens is 298 g/mol. The highest BCUT2D eigenvalue weighted by atomic mass is 32.1. The summed E-state index contributed by atoms with van der Waals surface area (Å²) in [5.41, 5.74) is 0.782. The first-order valence-corrected chi connectivity index (χ1v) is 8.51. The Morgan fingerprint density at radius 2 is 2.23 bits per heavy atom. The number of amides is 1. The highest BCUT2D eigenvalue weighted by Gasteiger charge is 2.13. The van der Waals surface area contributed by atoms with Crippen molar-refractivity contribution in [3.63, 3.8) is 0 Å². The quantitative estimate of drug-likeness (QED) is 0.812. The number of thiazole rings is 1. The number of carbonyl (C=O) groups is 1. The van der Waals surface area contributed by atoms with Crippen molar-refractivity contribution in [2.45, 2.75) is 33.2 Å². The summed E-state index contributed by atoms with van der Waals surface area (Å²) in [7, 11) is 0. The second-order valence-corrected chi connectivity index (χ2v) is 6.03. The Bertz CT molecular complexity index is 576. The van der Waals surface area contributed by atoms with Crippen LogP contribution in [0.1, 0.15) is 26.5 Å². The molecule has 2 rings (SSSR count). The van der Waals surface area contributed by atoms with Crippen LogP contribution in [0.2, 0.25) is 0 Å². The van der Waals surface area contributed by atoms with Gasteiger partial charge in [-0.2, -0.15) is 0 Å². The molecule has 2 aromatic rings. The van der Waals surface area contributed by atoms with Gasteiger partial charge in [-0.25, -0.2) is 4.98 Å². The van der Waals surface area contributed by atoms with Crippen molar-refractivity contribution >= 4 is 17.2 Å². The number of furan rings is 1. The molecule has 0 aliphatic carbocycles. The van der Waals surface area contributed by atoms with E-state index in [4.69, 9.17) is 4.42 Å². The van der Waals surface area contributed by atoms with E-state index in [0.29, 0.717) is 19.0 Å². The summed E-state index contributed by atoms with van der Waals surface area (Å²) >= 11 is 1.49. The maximum atomic E-state index is 12.0. The summed E-state index contributed by atoms with van der Waals surface area (Å²) < 4.78 is 5.31. The summed E-state index contributed by atoms with van der Waals surface area (Å²) in [6.45, 7) is 9.04. The third-order valence-corrected chi connectivity index (χ3v) is 4.56. The largest absolute Gasteiger partial charge is 0.462 e. The molecule has 6 heteroatoms. The van der Waals surface area contributed by atoms with Gasteiger partial charge in [0.15, 0.2) is 10.8 Å². The lowest BCUT2D eigenvalue weighted by Gasteiger charge is -2.26. The van der Waals surface area contributed by atoms with Gasteiger partial charge in [-0.15, -0.1) is 11.3 Å². The zero-order valence-electron chi connectivity index (χ0n) is 13.3. The van der Waals surface area contributed by atoms with E-state index >= 15 is 0 Å². The summed E-state index contributed by atoms with van der Waals surface area (Å²) in [5.74, 6) is 0.752. The topological polar surface area (TPSA) is 58.4 Å². The number of carbonyl (C=O) groups excluding carboxylic acids is 1. The van der Waals surface area contributed by atoms with Crippen LogP contribution >= 0.6 is 11.3 Å². The lowest BCUT2D eigenvalue weighted by atomic mass is 10.2. The molecule has 0 saturated heterocycles. The first kappa shape index (κ1) is 16.7. The molecule has 0 fully saturated rings. The summed E-state index contributed by atoms with van der Waals surface area (Å²) in [6, 6.07) is 4.04. The molecule has 5 nitrogen and oxygen atoms in total. The second kappa shape index (κ2) is 8.10. The van der Waals surface area contributed by atoms with Gasteiger partial charge < -0.3 is 9.73 Å². The number of nitrogens with zero attached hydrogens (tertiary/aromatic N) is 2. The molecule has 0 saturated carbocycles. The van der Waals surface area contributed by atoms with Gasteiger partial charge in [0, 0.05) is 18.0 Å². The Hall–Kier alpha value is -1.66. The van der Waals surface area contributed by atoms with E-state index in [2.05, 4.69) is 36.0 Å². The summed E-state index contributed by atoms with van der Waals surface area (Å²) in [4.78, 5) is 18.8. The fourth-order valence-electron chi connectivity index (χ4n) is 2.37. The van der Waals surface area contributed by atoms with Crippen LogP contribution < -0.4 is 5.32 Å². The van der Waals surface area contributed by atoms with Crippen molar-refractivity contribution in [2.24, 2.45) is 0 Å². The molecule has 0 aliphatic rings. The minimum atomic E-state index is 0.00954. The fraction of sp³-hybridized carbons (Fsp3) is 0.500. The minimum absolute atomic E-state index is 0.00954. The van der Waals surface area contributed by atoms with Crippen molar-refractivity contribution < 1.29 is 9.21 Å². The molecule has 120 valence electrons. The average molecular weight is 321 g/mol. The Balaban J connectivity index is 1.82. The second-order valence-electron chi connectivity index (χ2n) is 5.17. The Morgan fingerprint density at radius 3 is 2.86 bits per heavy atom. The highest BCUT2D eigenvalue weighted by Crippen LogP contribution is 2.23. The predicted octanol–water partition coefficient (Wildman–Crippen LogP) is 2.79. The van der Waals surface area contributed by atoms with Gasteiger partial charge in [0.2, 0.25) is 5.91 Å². The molecule has 0 aliphatic heterocycles. The van der Waals surface area contributed by atoms with Crippen LogP contribution in [0.4, 0.5) is 0 Å². The van der Waals surface area contributed by atoms with Crippen LogP contribution in [-0.4, -0.2) is 41.5 Å². The lowest BCUT2D eigenvalue weighted by molar-refractivity contribution is -0.120.